The topological polar surface area (TPSA) is 0 Å². The van der Waals surface area contributed by atoms with E-state index in [0.29, 0.717) is 0 Å². The first-order chi connectivity index (χ1) is 14.2. The van der Waals surface area contributed by atoms with E-state index in [-0.39, 0.29) is 0 Å². The Morgan fingerprint density at radius 3 is 1.34 bits per heavy atom. The van der Waals surface area contributed by atoms with E-state index in [1.54, 1.807) is 0 Å². The van der Waals surface area contributed by atoms with Crippen LogP contribution >= 0.6 is 0 Å². The first-order valence-electron chi connectivity index (χ1n) is 10.5. The van der Waals surface area contributed by atoms with Crippen LogP contribution in [0.3, 0.4) is 0 Å². The molecular weight excluding hydrogens is 380 g/mol. The van der Waals surface area contributed by atoms with Gasteiger partial charge < -0.3 is 0 Å². The Bertz CT molecular complexity index is 989. The van der Waals surface area contributed by atoms with E-state index < -0.39 is 16.9 Å². The third-order valence-corrected chi connectivity index (χ3v) is 14.0. The molecule has 0 amide bonds. The second-order valence-corrected chi connectivity index (χ2v) is 15.3. The average molecular weight is 409 g/mol. The van der Waals surface area contributed by atoms with Gasteiger partial charge in [0.15, 0.2) is 0 Å². The van der Waals surface area contributed by atoms with Crippen molar-refractivity contribution in [2.24, 2.45) is 0 Å². The van der Waals surface area contributed by atoms with Gasteiger partial charge >= 0.3 is 0 Å². The lowest BCUT2D eigenvalue weighted by molar-refractivity contribution is 1.39. The molecule has 1 unspecified atom stereocenters. The van der Waals surface area contributed by atoms with Crippen LogP contribution in [0.25, 0.3) is 0 Å². The highest BCUT2D eigenvalue weighted by molar-refractivity contribution is 7.01. The maximum atomic E-state index is 2.50. The fourth-order valence-corrected chi connectivity index (χ4v) is 10.2. The highest BCUT2D eigenvalue weighted by atomic mass is 28.3. The number of hydrogen-bond acceptors (Lipinski definition) is 0. The summed E-state index contributed by atoms with van der Waals surface area (Å²) in [5, 5.41) is 7.50. The lowest BCUT2D eigenvalue weighted by Crippen LogP contribution is -2.56. The Labute approximate surface area is 177 Å². The van der Waals surface area contributed by atoms with Gasteiger partial charge in [-0.3, -0.25) is 0 Å². The minimum Gasteiger partial charge on any atom is -0.0672 e. The molecule has 0 fully saturated rings. The fourth-order valence-electron chi connectivity index (χ4n) is 4.29. The van der Waals surface area contributed by atoms with E-state index in [2.05, 4.69) is 129 Å². The summed E-state index contributed by atoms with van der Waals surface area (Å²) in [5.74, 6) is 0. The predicted octanol–water partition coefficient (Wildman–Crippen LogP) is 3.15. The molecule has 4 aromatic rings. The lowest BCUT2D eigenvalue weighted by Gasteiger charge is -2.28. The van der Waals surface area contributed by atoms with E-state index in [0.717, 1.165) is 0 Å². The maximum Gasteiger partial charge on any atom is 0.132 e. The molecule has 1 atom stereocenters. The Balaban J connectivity index is 1.75. The van der Waals surface area contributed by atoms with Gasteiger partial charge in [0.1, 0.15) is 16.9 Å². The van der Waals surface area contributed by atoms with Crippen LogP contribution in [0.4, 0.5) is 0 Å². The fraction of sp³-hybridized carbons (Fsp3) is 0.111. The molecule has 4 aromatic carbocycles. The van der Waals surface area contributed by atoms with E-state index in [9.17, 15) is 0 Å². The van der Waals surface area contributed by atoms with E-state index in [4.69, 9.17) is 0 Å². The zero-order valence-corrected chi connectivity index (χ0v) is 19.4. The first kappa shape index (κ1) is 19.6. The van der Waals surface area contributed by atoms with Gasteiger partial charge in [-0.1, -0.05) is 161 Å². The summed E-state index contributed by atoms with van der Waals surface area (Å²) >= 11 is 0. The van der Waals surface area contributed by atoms with Crippen LogP contribution < -0.4 is 25.9 Å². The van der Waals surface area contributed by atoms with Crippen LogP contribution in [0.15, 0.2) is 115 Å². The molecule has 0 heterocycles. The number of benzene rings is 4. The molecule has 0 bridgehead atoms. The Hall–Kier alpha value is -2.69. The van der Waals surface area contributed by atoms with Crippen molar-refractivity contribution in [2.45, 2.75) is 19.5 Å². The molecule has 0 spiro atoms. The first-order valence-corrected chi connectivity index (χ1v) is 14.9. The van der Waals surface area contributed by atoms with Crippen molar-refractivity contribution < 1.29 is 0 Å². The Kier molecular flexibility index (Phi) is 5.93. The van der Waals surface area contributed by atoms with Gasteiger partial charge in [0.25, 0.3) is 0 Å². The number of hydrogen-bond donors (Lipinski definition) is 0. The van der Waals surface area contributed by atoms with Gasteiger partial charge in [-0.05, 0) is 0 Å². The van der Waals surface area contributed by atoms with Crippen molar-refractivity contribution in [1.29, 1.82) is 0 Å². The van der Waals surface area contributed by atoms with Gasteiger partial charge in [-0.25, -0.2) is 0 Å². The van der Waals surface area contributed by atoms with Crippen molar-refractivity contribution in [1.82, 2.24) is 0 Å². The average Bonchev–Trinajstić information content (AvgIpc) is 2.81. The smallest absolute Gasteiger partial charge is 0.0672 e. The molecular formula is C27H28Si2. The van der Waals surface area contributed by atoms with Crippen LogP contribution in [-0.4, -0.2) is 16.9 Å². The summed E-state index contributed by atoms with van der Waals surface area (Å²) in [6.45, 7) is 4.85. The van der Waals surface area contributed by atoms with Crippen molar-refractivity contribution in [2.75, 3.05) is 0 Å². The van der Waals surface area contributed by atoms with Crippen LogP contribution in [0.1, 0.15) is 6.92 Å². The molecule has 0 N–H and O–H groups in total. The molecule has 0 nitrogen and oxygen atoms in total. The van der Waals surface area contributed by atoms with Crippen LogP contribution in [0, 0.1) is 0 Å². The molecule has 0 aliphatic heterocycles. The normalized spacial score (nSPS) is 13.2. The predicted molar refractivity (Wildman–Crippen MR) is 133 cm³/mol. The monoisotopic (exact) mass is 408 g/mol. The summed E-state index contributed by atoms with van der Waals surface area (Å²) in [5.41, 5.74) is 0. The van der Waals surface area contributed by atoms with Crippen molar-refractivity contribution in [3.8, 4) is 0 Å². The minimum atomic E-state index is -1.68. The van der Waals surface area contributed by atoms with E-state index in [1.165, 1.54) is 32.0 Å². The SMILES string of the molecule is CC[Si](C)(c1ccccc1)c1ccc([SiH](c2ccccc2)c2ccccc2)cc1. The highest BCUT2D eigenvalue weighted by Crippen LogP contribution is 2.10. The zero-order valence-electron chi connectivity index (χ0n) is 17.3. The number of rotatable bonds is 6. The molecule has 0 aliphatic rings. The standard InChI is InChI=1S/C27H28Si2/c1-3-29(2,26-17-11-6-12-18-26)27-21-19-25(20-22-27)28(23-13-7-4-8-14-23)24-15-9-5-10-16-24/h4-22,28H,3H2,1-2H3. The van der Waals surface area contributed by atoms with E-state index >= 15 is 0 Å². The summed E-state index contributed by atoms with van der Waals surface area (Å²) in [6.07, 6.45) is 0. The molecule has 29 heavy (non-hydrogen) atoms. The minimum absolute atomic E-state index is 1.22. The summed E-state index contributed by atoms with van der Waals surface area (Å²) in [4.78, 5) is 0. The maximum absolute atomic E-state index is 2.50. The molecule has 2 heteroatoms. The van der Waals surface area contributed by atoms with Gasteiger partial charge in [-0.2, -0.15) is 0 Å². The van der Waals surface area contributed by atoms with Crippen LogP contribution in [0.5, 0.6) is 0 Å². The van der Waals surface area contributed by atoms with Crippen molar-refractivity contribution in [3.63, 3.8) is 0 Å². The van der Waals surface area contributed by atoms with E-state index in [1.807, 2.05) is 0 Å². The Morgan fingerprint density at radius 2 is 0.897 bits per heavy atom. The molecule has 0 aliphatic carbocycles. The molecule has 0 saturated carbocycles. The lowest BCUT2D eigenvalue weighted by atomic mass is 10.3. The Morgan fingerprint density at radius 1 is 0.517 bits per heavy atom. The third-order valence-electron chi connectivity index (χ3n) is 6.26. The zero-order chi connectivity index (χ0) is 20.1. The van der Waals surface area contributed by atoms with Gasteiger partial charge in [-0.15, -0.1) is 0 Å². The van der Waals surface area contributed by atoms with Crippen molar-refractivity contribution >= 4 is 42.8 Å². The van der Waals surface area contributed by atoms with Gasteiger partial charge in [0, 0.05) is 0 Å². The summed E-state index contributed by atoms with van der Waals surface area (Å²) in [7, 11) is -3.13. The van der Waals surface area contributed by atoms with Gasteiger partial charge in [0.2, 0.25) is 0 Å². The second kappa shape index (κ2) is 8.77. The molecule has 0 saturated heterocycles. The summed E-state index contributed by atoms with van der Waals surface area (Å²) < 4.78 is 0. The van der Waals surface area contributed by atoms with Gasteiger partial charge in [0.05, 0.1) is 0 Å². The van der Waals surface area contributed by atoms with Crippen molar-refractivity contribution in [3.05, 3.63) is 115 Å². The highest BCUT2D eigenvalue weighted by Gasteiger charge is 2.30. The third kappa shape index (κ3) is 4.05. The van der Waals surface area contributed by atoms with Crippen LogP contribution in [0.2, 0.25) is 12.6 Å². The summed E-state index contributed by atoms with van der Waals surface area (Å²) in [6, 6.07) is 44.1. The van der Waals surface area contributed by atoms with Crippen LogP contribution in [-0.2, 0) is 0 Å². The molecule has 0 radical (unpaired) electrons. The molecule has 4 rings (SSSR count). The second-order valence-electron chi connectivity index (χ2n) is 7.93. The molecule has 0 aromatic heterocycles. The quantitative estimate of drug-likeness (QED) is 0.340. The molecule has 144 valence electrons. The largest absolute Gasteiger partial charge is 0.132 e.